The van der Waals surface area contributed by atoms with Crippen LogP contribution < -0.4 is 0 Å². The SMILES string of the molecule is CC1(CCn2ccnc2)SCCS1.Cl. The first-order valence-electron chi connectivity index (χ1n) is 4.52. The van der Waals surface area contributed by atoms with Crippen LogP contribution in [0.2, 0.25) is 0 Å². The fourth-order valence-corrected chi connectivity index (χ4v) is 4.29. The van der Waals surface area contributed by atoms with E-state index in [1.54, 1.807) is 0 Å². The van der Waals surface area contributed by atoms with Crippen LogP contribution in [0.4, 0.5) is 0 Å². The molecule has 5 heteroatoms. The summed E-state index contributed by atoms with van der Waals surface area (Å²) in [5, 5.41) is 0. The summed E-state index contributed by atoms with van der Waals surface area (Å²) in [6.45, 7) is 3.45. The molecule has 1 fully saturated rings. The number of rotatable bonds is 3. The van der Waals surface area contributed by atoms with Crippen molar-refractivity contribution < 1.29 is 0 Å². The molecule has 0 aromatic carbocycles. The molecule has 0 N–H and O–H groups in total. The second kappa shape index (κ2) is 5.33. The van der Waals surface area contributed by atoms with E-state index in [-0.39, 0.29) is 12.4 Å². The number of hydrogen-bond donors (Lipinski definition) is 0. The summed E-state index contributed by atoms with van der Waals surface area (Å²) >= 11 is 4.19. The Morgan fingerprint density at radius 3 is 2.71 bits per heavy atom. The Bertz CT molecular complexity index is 258. The average Bonchev–Trinajstić information content (AvgIpc) is 2.72. The highest BCUT2D eigenvalue weighted by molar-refractivity contribution is 8.21. The van der Waals surface area contributed by atoms with Crippen molar-refractivity contribution in [1.82, 2.24) is 9.55 Å². The van der Waals surface area contributed by atoms with Crippen LogP contribution in [0.5, 0.6) is 0 Å². The van der Waals surface area contributed by atoms with E-state index in [0.29, 0.717) is 4.08 Å². The van der Waals surface area contributed by atoms with Crippen LogP contribution in [-0.4, -0.2) is 25.1 Å². The second-order valence-corrected chi connectivity index (χ2v) is 6.84. The molecule has 2 nitrogen and oxygen atoms in total. The number of nitrogens with zero attached hydrogens (tertiary/aromatic N) is 2. The highest BCUT2D eigenvalue weighted by Crippen LogP contribution is 2.46. The van der Waals surface area contributed by atoms with Crippen molar-refractivity contribution in [3.05, 3.63) is 18.7 Å². The molecule has 1 aromatic rings. The molecule has 0 atom stereocenters. The van der Waals surface area contributed by atoms with Crippen molar-refractivity contribution >= 4 is 35.9 Å². The van der Waals surface area contributed by atoms with E-state index < -0.39 is 0 Å². The zero-order chi connectivity index (χ0) is 9.15. The summed E-state index contributed by atoms with van der Waals surface area (Å²) in [6.07, 6.45) is 7.01. The lowest BCUT2D eigenvalue weighted by Gasteiger charge is -2.21. The molecule has 0 bridgehead atoms. The zero-order valence-corrected chi connectivity index (χ0v) is 10.6. The highest BCUT2D eigenvalue weighted by Gasteiger charge is 2.29. The van der Waals surface area contributed by atoms with E-state index >= 15 is 0 Å². The van der Waals surface area contributed by atoms with Crippen LogP contribution in [0.25, 0.3) is 0 Å². The first kappa shape index (κ1) is 12.3. The zero-order valence-electron chi connectivity index (χ0n) is 8.18. The molecule has 1 saturated heterocycles. The van der Waals surface area contributed by atoms with Crippen molar-refractivity contribution in [2.24, 2.45) is 0 Å². The molecular formula is C9H15ClN2S2. The summed E-state index contributed by atoms with van der Waals surface area (Å²) in [7, 11) is 0. The summed E-state index contributed by atoms with van der Waals surface area (Å²) in [4.78, 5) is 4.04. The number of imidazole rings is 1. The summed E-state index contributed by atoms with van der Waals surface area (Å²) < 4.78 is 2.61. The molecule has 1 aromatic heterocycles. The predicted molar refractivity (Wildman–Crippen MR) is 67.4 cm³/mol. The van der Waals surface area contributed by atoms with Crippen molar-refractivity contribution in [3.63, 3.8) is 0 Å². The quantitative estimate of drug-likeness (QED) is 0.822. The molecule has 0 aliphatic carbocycles. The molecule has 0 radical (unpaired) electrons. The van der Waals surface area contributed by atoms with Crippen molar-refractivity contribution in [2.45, 2.75) is 24.0 Å². The molecule has 0 saturated carbocycles. The molecule has 1 aliphatic heterocycles. The minimum absolute atomic E-state index is 0. The number of aromatic nitrogens is 2. The van der Waals surface area contributed by atoms with E-state index in [1.807, 2.05) is 18.7 Å². The van der Waals surface area contributed by atoms with Crippen molar-refractivity contribution in [3.8, 4) is 0 Å². The Labute approximate surface area is 99.7 Å². The van der Waals surface area contributed by atoms with Crippen LogP contribution in [0.1, 0.15) is 13.3 Å². The van der Waals surface area contributed by atoms with Gasteiger partial charge in [0.15, 0.2) is 0 Å². The Kier molecular flexibility index (Phi) is 4.67. The van der Waals surface area contributed by atoms with Gasteiger partial charge in [-0.1, -0.05) is 0 Å². The van der Waals surface area contributed by atoms with Gasteiger partial charge in [-0.05, 0) is 13.3 Å². The lowest BCUT2D eigenvalue weighted by Crippen LogP contribution is -2.14. The molecule has 80 valence electrons. The number of thioether (sulfide) groups is 2. The van der Waals surface area contributed by atoms with Crippen LogP contribution >= 0.6 is 35.9 Å². The number of aryl methyl sites for hydroxylation is 1. The molecular weight excluding hydrogens is 236 g/mol. The maximum Gasteiger partial charge on any atom is 0.0945 e. The lowest BCUT2D eigenvalue weighted by molar-refractivity contribution is 0.622. The van der Waals surface area contributed by atoms with Gasteiger partial charge in [-0.2, -0.15) is 0 Å². The van der Waals surface area contributed by atoms with Gasteiger partial charge in [0.25, 0.3) is 0 Å². The first-order valence-corrected chi connectivity index (χ1v) is 6.49. The minimum atomic E-state index is 0. The first-order chi connectivity index (χ1) is 6.29. The Morgan fingerprint density at radius 1 is 1.43 bits per heavy atom. The smallest absolute Gasteiger partial charge is 0.0945 e. The van der Waals surface area contributed by atoms with Gasteiger partial charge in [-0.25, -0.2) is 4.98 Å². The summed E-state index contributed by atoms with van der Waals surface area (Å²) in [5.74, 6) is 2.62. The van der Waals surface area contributed by atoms with Gasteiger partial charge in [0.1, 0.15) is 0 Å². The topological polar surface area (TPSA) is 17.8 Å². The number of hydrogen-bond acceptors (Lipinski definition) is 3. The molecule has 1 aliphatic rings. The largest absolute Gasteiger partial charge is 0.337 e. The van der Waals surface area contributed by atoms with Crippen LogP contribution in [0.3, 0.4) is 0 Å². The molecule has 0 spiro atoms. The van der Waals surface area contributed by atoms with E-state index in [0.717, 1.165) is 6.54 Å². The van der Waals surface area contributed by atoms with Gasteiger partial charge in [-0.3, -0.25) is 0 Å². The van der Waals surface area contributed by atoms with Crippen LogP contribution in [0, 0.1) is 0 Å². The molecule has 2 heterocycles. The summed E-state index contributed by atoms with van der Waals surface area (Å²) in [6, 6.07) is 0. The van der Waals surface area contributed by atoms with Crippen molar-refractivity contribution in [2.75, 3.05) is 11.5 Å². The van der Waals surface area contributed by atoms with Crippen LogP contribution in [-0.2, 0) is 6.54 Å². The van der Waals surface area contributed by atoms with E-state index in [1.165, 1.54) is 17.9 Å². The van der Waals surface area contributed by atoms with E-state index in [2.05, 4.69) is 40.0 Å². The standard InChI is InChI=1S/C9H14N2S2.ClH/c1-9(12-6-7-13-9)2-4-11-5-3-10-8-11;/h3,5,8H,2,4,6-7H2,1H3;1H. The fourth-order valence-electron chi connectivity index (χ4n) is 1.45. The number of halogens is 1. The Hall–Kier alpha value is 0.200. The molecule has 0 unspecified atom stereocenters. The fraction of sp³-hybridized carbons (Fsp3) is 0.667. The monoisotopic (exact) mass is 250 g/mol. The van der Waals surface area contributed by atoms with Gasteiger partial charge in [-0.15, -0.1) is 35.9 Å². The van der Waals surface area contributed by atoms with E-state index in [9.17, 15) is 0 Å². The molecule has 2 rings (SSSR count). The predicted octanol–water partition coefficient (Wildman–Crippen LogP) is 2.89. The van der Waals surface area contributed by atoms with Crippen molar-refractivity contribution in [1.29, 1.82) is 0 Å². The van der Waals surface area contributed by atoms with Crippen LogP contribution in [0.15, 0.2) is 18.7 Å². The van der Waals surface area contributed by atoms with Gasteiger partial charge >= 0.3 is 0 Å². The van der Waals surface area contributed by atoms with Gasteiger partial charge in [0.05, 0.1) is 10.4 Å². The Balaban J connectivity index is 0.000000980. The van der Waals surface area contributed by atoms with Gasteiger partial charge in [0.2, 0.25) is 0 Å². The third kappa shape index (κ3) is 3.11. The molecule has 14 heavy (non-hydrogen) atoms. The van der Waals surface area contributed by atoms with E-state index in [4.69, 9.17) is 0 Å². The highest BCUT2D eigenvalue weighted by atomic mass is 35.5. The van der Waals surface area contributed by atoms with Gasteiger partial charge in [0, 0.05) is 30.4 Å². The second-order valence-electron chi connectivity index (χ2n) is 3.38. The molecule has 0 amide bonds. The maximum atomic E-state index is 4.04. The Morgan fingerprint density at radius 2 is 2.14 bits per heavy atom. The van der Waals surface area contributed by atoms with Gasteiger partial charge < -0.3 is 4.57 Å². The normalized spacial score (nSPS) is 19.2. The maximum absolute atomic E-state index is 4.04. The third-order valence-electron chi connectivity index (χ3n) is 2.28. The minimum Gasteiger partial charge on any atom is -0.337 e. The lowest BCUT2D eigenvalue weighted by atomic mass is 10.3. The summed E-state index contributed by atoms with van der Waals surface area (Å²) in [5.41, 5.74) is 0. The third-order valence-corrected chi connectivity index (χ3v) is 5.69. The average molecular weight is 251 g/mol.